The van der Waals surface area contributed by atoms with Crippen LogP contribution in [0.5, 0.6) is 0 Å². The number of fused-ring (bicyclic) bond motifs is 1. The van der Waals surface area contributed by atoms with E-state index in [4.69, 9.17) is 11.6 Å². The number of imidazole rings is 1. The lowest BCUT2D eigenvalue weighted by Crippen LogP contribution is -2.17. The van der Waals surface area contributed by atoms with Crippen LogP contribution in [0, 0.1) is 0 Å². The van der Waals surface area contributed by atoms with Crippen molar-refractivity contribution in [3.63, 3.8) is 0 Å². The van der Waals surface area contributed by atoms with Crippen molar-refractivity contribution in [1.29, 1.82) is 0 Å². The fourth-order valence-corrected chi connectivity index (χ4v) is 2.17. The molecule has 0 fully saturated rings. The van der Waals surface area contributed by atoms with E-state index in [1.807, 2.05) is 30.3 Å². The van der Waals surface area contributed by atoms with Gasteiger partial charge in [0, 0.05) is 23.2 Å². The standard InChI is InChI=1S/C15H12ClN3O/c1-17-15(20)10-4-7-12-13(8-10)19-14(18-12)9-2-5-11(16)6-3-9/h2-8H,1H3,(H,17,20)(H,18,19). The van der Waals surface area contributed by atoms with Gasteiger partial charge in [0.25, 0.3) is 5.91 Å². The normalized spacial score (nSPS) is 10.7. The molecule has 0 spiro atoms. The van der Waals surface area contributed by atoms with Crippen LogP contribution >= 0.6 is 11.6 Å². The van der Waals surface area contributed by atoms with Gasteiger partial charge in [-0.1, -0.05) is 11.6 Å². The minimum Gasteiger partial charge on any atom is -0.355 e. The first kappa shape index (κ1) is 12.7. The molecule has 0 aliphatic carbocycles. The van der Waals surface area contributed by atoms with E-state index >= 15 is 0 Å². The summed E-state index contributed by atoms with van der Waals surface area (Å²) in [5.74, 6) is 0.639. The highest BCUT2D eigenvalue weighted by atomic mass is 35.5. The minimum absolute atomic E-state index is 0.116. The van der Waals surface area contributed by atoms with Gasteiger partial charge in [0.1, 0.15) is 5.82 Å². The second-order valence-electron chi connectivity index (χ2n) is 4.40. The molecular weight excluding hydrogens is 274 g/mol. The summed E-state index contributed by atoms with van der Waals surface area (Å²) in [4.78, 5) is 19.3. The van der Waals surface area contributed by atoms with Gasteiger partial charge in [-0.25, -0.2) is 4.98 Å². The number of nitrogens with zero attached hydrogens (tertiary/aromatic N) is 1. The molecule has 5 heteroatoms. The zero-order valence-electron chi connectivity index (χ0n) is 10.8. The number of hydrogen-bond acceptors (Lipinski definition) is 2. The third kappa shape index (κ3) is 2.26. The van der Waals surface area contributed by atoms with Gasteiger partial charge < -0.3 is 10.3 Å². The Morgan fingerprint density at radius 3 is 2.65 bits per heavy atom. The molecule has 0 aliphatic rings. The number of amides is 1. The van der Waals surface area contributed by atoms with E-state index in [0.29, 0.717) is 10.6 Å². The molecule has 4 nitrogen and oxygen atoms in total. The lowest BCUT2D eigenvalue weighted by molar-refractivity contribution is 0.0963. The Labute approximate surface area is 120 Å². The Kier molecular flexibility index (Phi) is 3.16. The van der Waals surface area contributed by atoms with Gasteiger partial charge in [0.15, 0.2) is 0 Å². The Morgan fingerprint density at radius 2 is 1.95 bits per heavy atom. The second kappa shape index (κ2) is 4.98. The van der Waals surface area contributed by atoms with E-state index in [0.717, 1.165) is 22.4 Å². The SMILES string of the molecule is CNC(=O)c1ccc2nc(-c3ccc(Cl)cc3)[nH]c2c1. The zero-order chi connectivity index (χ0) is 14.1. The van der Waals surface area contributed by atoms with Gasteiger partial charge in [0.2, 0.25) is 0 Å². The summed E-state index contributed by atoms with van der Waals surface area (Å²) in [7, 11) is 1.61. The molecule has 0 saturated heterocycles. The molecular formula is C15H12ClN3O. The highest BCUT2D eigenvalue weighted by molar-refractivity contribution is 6.30. The van der Waals surface area contributed by atoms with E-state index in [2.05, 4.69) is 15.3 Å². The molecule has 1 heterocycles. The minimum atomic E-state index is -0.116. The van der Waals surface area contributed by atoms with Crippen LogP contribution in [-0.4, -0.2) is 22.9 Å². The number of benzene rings is 2. The van der Waals surface area contributed by atoms with Gasteiger partial charge >= 0.3 is 0 Å². The molecule has 20 heavy (non-hydrogen) atoms. The monoisotopic (exact) mass is 285 g/mol. The number of carbonyl (C=O) groups excluding carboxylic acids is 1. The Balaban J connectivity index is 2.06. The molecule has 3 rings (SSSR count). The van der Waals surface area contributed by atoms with Gasteiger partial charge in [0.05, 0.1) is 11.0 Å². The topological polar surface area (TPSA) is 57.8 Å². The fraction of sp³-hybridized carbons (Fsp3) is 0.0667. The van der Waals surface area contributed by atoms with Crippen LogP contribution in [0.1, 0.15) is 10.4 Å². The molecule has 0 bridgehead atoms. The number of hydrogen-bond donors (Lipinski definition) is 2. The van der Waals surface area contributed by atoms with Crippen molar-refractivity contribution in [3.8, 4) is 11.4 Å². The van der Waals surface area contributed by atoms with Crippen molar-refractivity contribution in [2.75, 3.05) is 7.05 Å². The molecule has 0 saturated carbocycles. The lowest BCUT2D eigenvalue weighted by Gasteiger charge is -1.98. The number of carbonyl (C=O) groups is 1. The Morgan fingerprint density at radius 1 is 1.20 bits per heavy atom. The Bertz CT molecular complexity index is 777. The summed E-state index contributed by atoms with van der Waals surface area (Å²) in [5.41, 5.74) is 3.21. The molecule has 0 unspecified atom stereocenters. The largest absolute Gasteiger partial charge is 0.355 e. The van der Waals surface area contributed by atoms with Crippen LogP contribution in [0.25, 0.3) is 22.4 Å². The van der Waals surface area contributed by atoms with Crippen LogP contribution in [-0.2, 0) is 0 Å². The van der Waals surface area contributed by atoms with E-state index in [1.54, 1.807) is 19.2 Å². The fourth-order valence-electron chi connectivity index (χ4n) is 2.04. The Hall–Kier alpha value is -2.33. The van der Waals surface area contributed by atoms with Crippen LogP contribution in [0.3, 0.4) is 0 Å². The quantitative estimate of drug-likeness (QED) is 0.759. The number of H-pyrrole nitrogens is 1. The average Bonchev–Trinajstić information content (AvgIpc) is 2.90. The molecule has 2 aromatic carbocycles. The van der Waals surface area contributed by atoms with Crippen LogP contribution in [0.2, 0.25) is 5.02 Å². The predicted octanol–water partition coefficient (Wildman–Crippen LogP) is 3.24. The summed E-state index contributed by atoms with van der Waals surface area (Å²) < 4.78 is 0. The smallest absolute Gasteiger partial charge is 0.251 e. The molecule has 2 N–H and O–H groups in total. The number of aromatic amines is 1. The van der Waals surface area contributed by atoms with Gasteiger partial charge in [-0.2, -0.15) is 0 Å². The average molecular weight is 286 g/mol. The van der Waals surface area contributed by atoms with Crippen molar-refractivity contribution in [2.24, 2.45) is 0 Å². The van der Waals surface area contributed by atoms with Crippen LogP contribution < -0.4 is 5.32 Å². The summed E-state index contributed by atoms with van der Waals surface area (Å²) >= 11 is 5.87. The zero-order valence-corrected chi connectivity index (χ0v) is 11.5. The number of rotatable bonds is 2. The maximum absolute atomic E-state index is 11.6. The summed E-state index contributed by atoms with van der Waals surface area (Å²) in [6.45, 7) is 0. The van der Waals surface area contributed by atoms with Crippen molar-refractivity contribution >= 4 is 28.5 Å². The summed E-state index contributed by atoms with van der Waals surface area (Å²) in [6, 6.07) is 12.8. The van der Waals surface area contributed by atoms with Crippen molar-refractivity contribution in [1.82, 2.24) is 15.3 Å². The molecule has 0 aliphatic heterocycles. The van der Waals surface area contributed by atoms with Crippen molar-refractivity contribution in [2.45, 2.75) is 0 Å². The third-order valence-corrected chi connectivity index (χ3v) is 3.34. The number of halogens is 1. The predicted molar refractivity (Wildman–Crippen MR) is 79.9 cm³/mol. The van der Waals surface area contributed by atoms with Gasteiger partial charge in [-0.05, 0) is 42.5 Å². The molecule has 0 radical (unpaired) electrons. The van der Waals surface area contributed by atoms with E-state index in [1.165, 1.54) is 0 Å². The molecule has 100 valence electrons. The molecule has 0 atom stereocenters. The van der Waals surface area contributed by atoms with E-state index in [9.17, 15) is 4.79 Å². The second-order valence-corrected chi connectivity index (χ2v) is 4.84. The highest BCUT2D eigenvalue weighted by Gasteiger charge is 2.08. The first-order valence-electron chi connectivity index (χ1n) is 6.15. The summed E-state index contributed by atoms with van der Waals surface area (Å²) in [6.07, 6.45) is 0. The van der Waals surface area contributed by atoms with Crippen LogP contribution in [0.15, 0.2) is 42.5 Å². The highest BCUT2D eigenvalue weighted by Crippen LogP contribution is 2.22. The first-order valence-corrected chi connectivity index (χ1v) is 6.53. The summed E-state index contributed by atoms with van der Waals surface area (Å²) in [5, 5.41) is 3.29. The lowest BCUT2D eigenvalue weighted by atomic mass is 10.2. The molecule has 3 aromatic rings. The number of nitrogens with one attached hydrogen (secondary N) is 2. The maximum atomic E-state index is 11.6. The van der Waals surface area contributed by atoms with Crippen LogP contribution in [0.4, 0.5) is 0 Å². The third-order valence-electron chi connectivity index (χ3n) is 3.09. The van der Waals surface area contributed by atoms with Crippen molar-refractivity contribution < 1.29 is 4.79 Å². The van der Waals surface area contributed by atoms with Gasteiger partial charge in [-0.3, -0.25) is 4.79 Å². The molecule has 1 aromatic heterocycles. The maximum Gasteiger partial charge on any atom is 0.251 e. The van der Waals surface area contributed by atoms with Gasteiger partial charge in [-0.15, -0.1) is 0 Å². The van der Waals surface area contributed by atoms with E-state index in [-0.39, 0.29) is 5.91 Å². The first-order chi connectivity index (χ1) is 9.67. The van der Waals surface area contributed by atoms with Crippen molar-refractivity contribution in [3.05, 3.63) is 53.1 Å². The van der Waals surface area contributed by atoms with E-state index < -0.39 is 0 Å². The number of aromatic nitrogens is 2. The molecule has 1 amide bonds.